The molecular formula is C19H17ClN2OS3. The van der Waals surface area contributed by atoms with Crippen molar-refractivity contribution in [1.29, 1.82) is 0 Å². The van der Waals surface area contributed by atoms with Gasteiger partial charge in [-0.15, -0.1) is 5.10 Å². The van der Waals surface area contributed by atoms with E-state index in [0.29, 0.717) is 14.7 Å². The summed E-state index contributed by atoms with van der Waals surface area (Å²) in [6, 6.07) is 11.4. The van der Waals surface area contributed by atoms with Gasteiger partial charge in [0.1, 0.15) is 0 Å². The van der Waals surface area contributed by atoms with Gasteiger partial charge in [-0.2, -0.15) is 0 Å². The lowest BCUT2D eigenvalue weighted by molar-refractivity contribution is 0.102. The van der Waals surface area contributed by atoms with Crippen LogP contribution in [0.2, 0.25) is 5.02 Å². The second kappa shape index (κ2) is 8.05. The first-order valence-electron chi connectivity index (χ1n) is 7.95. The van der Waals surface area contributed by atoms with Gasteiger partial charge in [0.25, 0.3) is 0 Å². The van der Waals surface area contributed by atoms with E-state index in [1.165, 1.54) is 28.7 Å². The highest BCUT2D eigenvalue weighted by atomic mass is 35.5. The molecule has 1 heterocycles. The van der Waals surface area contributed by atoms with Crippen molar-refractivity contribution in [2.24, 2.45) is 0 Å². The van der Waals surface area contributed by atoms with Crippen LogP contribution in [0.4, 0.5) is 0 Å². The molecule has 0 saturated carbocycles. The second-order valence-corrected chi connectivity index (χ2v) is 9.29. The van der Waals surface area contributed by atoms with Gasteiger partial charge < -0.3 is 0 Å². The second-order valence-electron chi connectivity index (χ2n) is 6.01. The molecule has 134 valence electrons. The zero-order chi connectivity index (χ0) is 18.8. The van der Waals surface area contributed by atoms with Gasteiger partial charge in [0.2, 0.25) is 0 Å². The van der Waals surface area contributed by atoms with Crippen LogP contribution in [0.5, 0.6) is 0 Å². The van der Waals surface area contributed by atoms with E-state index in [4.69, 9.17) is 23.8 Å². The fraction of sp³-hybridized carbons (Fsp3) is 0.211. The van der Waals surface area contributed by atoms with Gasteiger partial charge in [-0.25, -0.2) is 4.68 Å². The summed E-state index contributed by atoms with van der Waals surface area (Å²) < 4.78 is 3.12. The van der Waals surface area contributed by atoms with Crippen molar-refractivity contribution in [1.82, 2.24) is 9.78 Å². The first-order valence-corrected chi connectivity index (χ1v) is 10.5. The van der Waals surface area contributed by atoms with Crippen molar-refractivity contribution in [3.05, 3.63) is 67.6 Å². The van der Waals surface area contributed by atoms with Crippen molar-refractivity contribution in [3.63, 3.8) is 0 Å². The van der Waals surface area contributed by atoms with Gasteiger partial charge in [-0.1, -0.05) is 52.4 Å². The van der Waals surface area contributed by atoms with Gasteiger partial charge in [0, 0.05) is 10.6 Å². The number of hydrogen-bond donors (Lipinski definition) is 0. The highest BCUT2D eigenvalue weighted by Crippen LogP contribution is 2.26. The van der Waals surface area contributed by atoms with Crippen LogP contribution < -0.4 is 0 Å². The molecule has 2 aromatic carbocycles. The van der Waals surface area contributed by atoms with E-state index in [2.05, 4.69) is 5.10 Å². The molecule has 0 unspecified atom stereocenters. The standard InChI is InChI=1S/C19H17ClN2OS3/c1-11-8-12(2)17(13(3)9-11)16(23)10-25-18-21-22(19(24)26-18)15-6-4-14(20)5-7-15/h4-9H,10H2,1-3H3. The maximum Gasteiger partial charge on any atom is 0.184 e. The van der Waals surface area contributed by atoms with Crippen LogP contribution in [0.3, 0.4) is 0 Å². The predicted octanol–water partition coefficient (Wildman–Crippen LogP) is 6.22. The molecule has 0 N–H and O–H groups in total. The lowest BCUT2D eigenvalue weighted by atomic mass is 9.97. The van der Waals surface area contributed by atoms with Crippen LogP contribution in [0.15, 0.2) is 40.7 Å². The number of rotatable bonds is 5. The lowest BCUT2D eigenvalue weighted by Gasteiger charge is -2.09. The van der Waals surface area contributed by atoms with Crippen LogP contribution >= 0.6 is 46.9 Å². The number of benzene rings is 2. The molecule has 7 heteroatoms. The van der Waals surface area contributed by atoms with Crippen molar-refractivity contribution in [3.8, 4) is 5.69 Å². The Kier molecular flexibility index (Phi) is 5.97. The van der Waals surface area contributed by atoms with E-state index in [9.17, 15) is 4.79 Å². The molecular weight excluding hydrogens is 404 g/mol. The monoisotopic (exact) mass is 420 g/mol. The fourth-order valence-electron chi connectivity index (χ4n) is 2.88. The zero-order valence-corrected chi connectivity index (χ0v) is 17.8. The Morgan fingerprint density at radius 1 is 1.19 bits per heavy atom. The molecule has 3 aromatic rings. The Morgan fingerprint density at radius 2 is 1.81 bits per heavy atom. The van der Waals surface area contributed by atoms with Crippen LogP contribution in [0, 0.1) is 24.7 Å². The summed E-state index contributed by atoms with van der Waals surface area (Å²) in [6.45, 7) is 6.01. The Morgan fingerprint density at radius 3 is 2.42 bits per heavy atom. The van der Waals surface area contributed by atoms with Crippen molar-refractivity contribution < 1.29 is 4.79 Å². The van der Waals surface area contributed by atoms with Crippen LogP contribution in [0.25, 0.3) is 5.69 Å². The normalized spacial score (nSPS) is 10.9. The molecule has 0 bridgehead atoms. The number of nitrogens with zero attached hydrogens (tertiary/aromatic N) is 2. The van der Waals surface area contributed by atoms with Crippen molar-refractivity contribution in [2.75, 3.05) is 5.75 Å². The zero-order valence-electron chi connectivity index (χ0n) is 14.6. The Hall–Kier alpha value is -1.47. The smallest absolute Gasteiger partial charge is 0.184 e. The number of thioether (sulfide) groups is 1. The molecule has 0 radical (unpaired) electrons. The van der Waals surface area contributed by atoms with E-state index in [1.807, 2.05) is 45.0 Å². The summed E-state index contributed by atoms with van der Waals surface area (Å²) in [4.78, 5) is 12.7. The number of Topliss-reactive ketones (excluding diaryl/α,β-unsaturated/α-hetero) is 1. The van der Waals surface area contributed by atoms with Gasteiger partial charge in [-0.05, 0) is 68.4 Å². The van der Waals surface area contributed by atoms with Gasteiger partial charge >= 0.3 is 0 Å². The number of halogens is 1. The molecule has 0 atom stereocenters. The van der Waals surface area contributed by atoms with Crippen LogP contribution in [0.1, 0.15) is 27.0 Å². The molecule has 3 rings (SSSR count). The molecule has 3 nitrogen and oxygen atoms in total. The Bertz CT molecular complexity index is 999. The van der Waals surface area contributed by atoms with Gasteiger partial charge in [-0.3, -0.25) is 4.79 Å². The third-order valence-corrected chi connectivity index (χ3v) is 6.50. The lowest BCUT2D eigenvalue weighted by Crippen LogP contribution is -2.08. The quantitative estimate of drug-likeness (QED) is 0.279. The summed E-state index contributed by atoms with van der Waals surface area (Å²) in [5.74, 6) is 0.456. The molecule has 0 aliphatic rings. The number of ketones is 1. The number of carbonyl (C=O) groups is 1. The van der Waals surface area contributed by atoms with Crippen LogP contribution in [-0.2, 0) is 0 Å². The first-order chi connectivity index (χ1) is 12.3. The largest absolute Gasteiger partial charge is 0.293 e. The summed E-state index contributed by atoms with van der Waals surface area (Å²) >= 11 is 14.2. The number of aryl methyl sites for hydroxylation is 3. The van der Waals surface area contributed by atoms with Gasteiger partial charge in [0.05, 0.1) is 11.4 Å². The minimum atomic E-state index is 0.115. The summed E-state index contributed by atoms with van der Waals surface area (Å²) in [5.41, 5.74) is 4.88. The topological polar surface area (TPSA) is 34.9 Å². The number of aromatic nitrogens is 2. The summed E-state index contributed by atoms with van der Waals surface area (Å²) in [5, 5.41) is 5.20. The highest BCUT2D eigenvalue weighted by molar-refractivity contribution is 8.01. The minimum absolute atomic E-state index is 0.115. The predicted molar refractivity (Wildman–Crippen MR) is 113 cm³/mol. The maximum absolute atomic E-state index is 12.7. The average Bonchev–Trinajstić information content (AvgIpc) is 2.93. The fourth-order valence-corrected chi connectivity index (χ4v) is 5.24. The van der Waals surface area contributed by atoms with Gasteiger partial charge in [0.15, 0.2) is 14.1 Å². The average molecular weight is 421 g/mol. The molecule has 0 spiro atoms. The van der Waals surface area contributed by atoms with E-state index < -0.39 is 0 Å². The molecule has 1 aromatic heterocycles. The third kappa shape index (κ3) is 4.26. The maximum atomic E-state index is 12.7. The number of carbonyl (C=O) groups excluding carboxylic acids is 1. The summed E-state index contributed by atoms with van der Waals surface area (Å²) in [7, 11) is 0. The van der Waals surface area contributed by atoms with Crippen LogP contribution in [-0.4, -0.2) is 21.3 Å². The molecule has 0 amide bonds. The Labute approximate surface area is 171 Å². The van der Waals surface area contributed by atoms with E-state index in [1.54, 1.807) is 16.8 Å². The highest BCUT2D eigenvalue weighted by Gasteiger charge is 2.15. The molecule has 0 saturated heterocycles. The SMILES string of the molecule is Cc1cc(C)c(C(=O)CSc2nn(-c3ccc(Cl)cc3)c(=S)s2)c(C)c1. The van der Waals surface area contributed by atoms with Crippen molar-refractivity contribution in [2.45, 2.75) is 25.1 Å². The number of hydrogen-bond acceptors (Lipinski definition) is 5. The molecule has 0 fully saturated rings. The third-order valence-electron chi connectivity index (χ3n) is 3.88. The first kappa shape index (κ1) is 19.3. The Balaban J connectivity index is 1.77. The molecule has 0 aliphatic heterocycles. The van der Waals surface area contributed by atoms with E-state index in [0.717, 1.165) is 26.7 Å². The van der Waals surface area contributed by atoms with E-state index >= 15 is 0 Å². The summed E-state index contributed by atoms with van der Waals surface area (Å²) in [6.07, 6.45) is 0. The van der Waals surface area contributed by atoms with Crippen molar-refractivity contribution >= 4 is 52.7 Å². The molecule has 0 aliphatic carbocycles. The molecule has 26 heavy (non-hydrogen) atoms. The van der Waals surface area contributed by atoms with E-state index in [-0.39, 0.29) is 5.78 Å². The minimum Gasteiger partial charge on any atom is -0.293 e.